The van der Waals surface area contributed by atoms with Crippen LogP contribution >= 0.6 is 0 Å². The van der Waals surface area contributed by atoms with Crippen LogP contribution in [0.3, 0.4) is 0 Å². The molecule has 0 aliphatic carbocycles. The highest BCUT2D eigenvalue weighted by atomic mass is 16.1. The fourth-order valence-electron chi connectivity index (χ4n) is 1.63. The van der Waals surface area contributed by atoms with Crippen molar-refractivity contribution in [3.8, 4) is 11.1 Å². The minimum Gasteiger partial charge on any atom is -0.222 e. The lowest BCUT2D eigenvalue weighted by Crippen LogP contribution is -1.82. The maximum atomic E-state index is 8.35. The van der Waals surface area contributed by atoms with Gasteiger partial charge in [0.1, 0.15) is 0 Å². The maximum absolute atomic E-state index is 8.35. The summed E-state index contributed by atoms with van der Waals surface area (Å²) in [4.78, 5) is 16.7. The van der Waals surface area contributed by atoms with Crippen LogP contribution in [0.5, 0.6) is 0 Å². The zero-order chi connectivity index (χ0) is 15.4. The minimum absolute atomic E-state index is 0.750. The lowest BCUT2D eigenvalue weighted by atomic mass is 10.00. The van der Waals surface area contributed by atoms with Crippen molar-refractivity contribution in [1.82, 2.24) is 0 Å². The van der Waals surface area contributed by atoms with E-state index in [4.69, 9.17) is 20.4 Å². The molecule has 2 aromatic rings. The normalized spacial score (nSPS) is 7.90. The molecule has 4 nitrogen and oxygen atoms in total. The third-order valence-corrected chi connectivity index (χ3v) is 2.51. The summed E-state index contributed by atoms with van der Waals surface area (Å²) >= 11 is 0. The number of nitrogens with one attached hydrogen (secondary N) is 2. The van der Waals surface area contributed by atoms with E-state index in [-0.39, 0.29) is 0 Å². The molecule has 0 spiro atoms. The van der Waals surface area contributed by atoms with E-state index in [0.717, 1.165) is 12.2 Å². The van der Waals surface area contributed by atoms with Gasteiger partial charge in [0.25, 0.3) is 0 Å². The smallest absolute Gasteiger partial charge is 0.222 e. The molecule has 20 heavy (non-hydrogen) atoms. The second kappa shape index (κ2) is 10.2. The molecule has 2 aromatic carbocycles. The molecule has 0 aromatic heterocycles. The van der Waals surface area contributed by atoms with Gasteiger partial charge in [-0.1, -0.05) is 54.1 Å². The van der Waals surface area contributed by atoms with Gasteiger partial charge >= 0.3 is 0 Å². The van der Waals surface area contributed by atoms with E-state index in [9.17, 15) is 0 Å². The molecule has 2 rings (SSSR count). The Kier molecular flexibility index (Phi) is 8.73. The molecule has 0 saturated carbocycles. The van der Waals surface area contributed by atoms with E-state index < -0.39 is 0 Å². The predicted molar refractivity (Wildman–Crippen MR) is 78.2 cm³/mol. The van der Waals surface area contributed by atoms with Gasteiger partial charge in [0.05, 0.1) is 0 Å². The molecule has 0 aliphatic rings. The van der Waals surface area contributed by atoms with Crippen LogP contribution in [0.25, 0.3) is 11.1 Å². The van der Waals surface area contributed by atoms with E-state index in [0.29, 0.717) is 0 Å². The molecule has 0 unspecified atom stereocenters. The summed E-state index contributed by atoms with van der Waals surface area (Å²) in [6.45, 7) is 4.26. The topological polar surface area (TPSA) is 81.8 Å². The molecule has 0 fully saturated rings. The highest BCUT2D eigenvalue weighted by Gasteiger charge is 1.98. The Hall–Kier alpha value is -2.80. The monoisotopic (exact) mass is 268 g/mol. The van der Waals surface area contributed by atoms with Crippen LogP contribution < -0.4 is 0 Å². The quantitative estimate of drug-likeness (QED) is 0.609. The van der Waals surface area contributed by atoms with Gasteiger partial charge < -0.3 is 0 Å². The first-order valence-corrected chi connectivity index (χ1v) is 5.81. The fourth-order valence-corrected chi connectivity index (χ4v) is 1.63. The van der Waals surface area contributed by atoms with Crippen molar-refractivity contribution < 1.29 is 9.59 Å². The van der Waals surface area contributed by atoms with Crippen LogP contribution in [0.15, 0.2) is 48.5 Å². The van der Waals surface area contributed by atoms with Crippen LogP contribution in [0, 0.1) is 24.7 Å². The van der Waals surface area contributed by atoms with Crippen LogP contribution in [-0.2, 0) is 9.59 Å². The Morgan fingerprint density at radius 1 is 0.800 bits per heavy atom. The van der Waals surface area contributed by atoms with Gasteiger partial charge in [-0.15, -0.1) is 0 Å². The lowest BCUT2D eigenvalue weighted by Gasteiger charge is -2.05. The summed E-state index contributed by atoms with van der Waals surface area (Å²) in [6.07, 6.45) is 1.50. The highest BCUT2D eigenvalue weighted by molar-refractivity contribution is 5.67. The summed E-state index contributed by atoms with van der Waals surface area (Å²) < 4.78 is 0. The summed E-state index contributed by atoms with van der Waals surface area (Å²) in [5.41, 5.74) is 5.26. The molecule has 0 bridgehead atoms. The number of isocyanates is 2. The molecule has 0 aliphatic heterocycles. The van der Waals surface area contributed by atoms with Crippen molar-refractivity contribution in [1.29, 1.82) is 10.8 Å². The number of hydrogen-bond acceptors (Lipinski definition) is 4. The number of benzene rings is 2. The highest BCUT2D eigenvalue weighted by Crippen LogP contribution is 2.22. The summed E-state index contributed by atoms with van der Waals surface area (Å²) in [6, 6.07) is 17.1. The number of aryl methyl sites for hydroxylation is 2. The van der Waals surface area contributed by atoms with Gasteiger partial charge in [0.15, 0.2) is 0 Å². The van der Waals surface area contributed by atoms with Gasteiger partial charge in [0, 0.05) is 0 Å². The molecule has 2 N–H and O–H groups in total. The lowest BCUT2D eigenvalue weighted by molar-refractivity contribution is 0.562. The number of hydrogen-bond donors (Lipinski definition) is 2. The van der Waals surface area contributed by atoms with Crippen LogP contribution in [0.1, 0.15) is 11.1 Å². The van der Waals surface area contributed by atoms with Gasteiger partial charge in [-0.3, -0.25) is 0 Å². The molecule has 102 valence electrons. The molecule has 0 amide bonds. The van der Waals surface area contributed by atoms with Crippen molar-refractivity contribution in [3.05, 3.63) is 59.7 Å². The van der Waals surface area contributed by atoms with Crippen LogP contribution in [0.2, 0.25) is 0 Å². The average Bonchev–Trinajstić information content (AvgIpc) is 2.42. The second-order valence-corrected chi connectivity index (χ2v) is 3.89. The Morgan fingerprint density at radius 3 is 1.70 bits per heavy atom. The largest absolute Gasteiger partial charge is 0.231 e. The third-order valence-electron chi connectivity index (χ3n) is 2.51. The molecule has 4 heteroatoms. The molecule has 0 atom stereocenters. The molecule has 0 radical (unpaired) electrons. The molecular weight excluding hydrogens is 252 g/mol. The van der Waals surface area contributed by atoms with Gasteiger partial charge in [0.2, 0.25) is 12.2 Å². The zero-order valence-electron chi connectivity index (χ0n) is 11.4. The predicted octanol–water partition coefficient (Wildman–Crippen LogP) is 3.77. The maximum Gasteiger partial charge on any atom is 0.231 e. The van der Waals surface area contributed by atoms with Crippen molar-refractivity contribution >= 4 is 12.2 Å². The van der Waals surface area contributed by atoms with Crippen molar-refractivity contribution in [2.24, 2.45) is 0 Å². The van der Waals surface area contributed by atoms with Gasteiger partial charge in [-0.25, -0.2) is 20.4 Å². The van der Waals surface area contributed by atoms with E-state index in [2.05, 4.69) is 62.4 Å². The minimum atomic E-state index is 0.750. The van der Waals surface area contributed by atoms with E-state index in [1.54, 1.807) is 0 Å². The van der Waals surface area contributed by atoms with Gasteiger partial charge in [-0.2, -0.15) is 0 Å². The summed E-state index contributed by atoms with van der Waals surface area (Å²) in [7, 11) is 0. The molecular formula is C16H16N2O2. The molecule has 0 saturated heterocycles. The number of rotatable bonds is 1. The van der Waals surface area contributed by atoms with E-state index >= 15 is 0 Å². The van der Waals surface area contributed by atoms with E-state index in [1.165, 1.54) is 22.3 Å². The standard InChI is InChI=1S/C14H14.2CHNO/c1-11-7-9-13(10-8-11)14-6-4-3-5-12(14)2;2*2-1-3/h3-10H,1-2H3;2*2H. The first kappa shape index (κ1) is 17.2. The first-order chi connectivity index (χ1) is 9.60. The van der Waals surface area contributed by atoms with Gasteiger partial charge in [-0.05, 0) is 30.5 Å². The third kappa shape index (κ3) is 6.22. The van der Waals surface area contributed by atoms with Crippen molar-refractivity contribution in [2.75, 3.05) is 0 Å². The van der Waals surface area contributed by atoms with E-state index in [1.807, 2.05) is 0 Å². The van der Waals surface area contributed by atoms with Crippen LogP contribution in [-0.4, -0.2) is 12.2 Å². The Labute approximate surface area is 118 Å². The van der Waals surface area contributed by atoms with Crippen molar-refractivity contribution in [2.45, 2.75) is 13.8 Å². The van der Waals surface area contributed by atoms with Crippen molar-refractivity contribution in [3.63, 3.8) is 0 Å². The SMILES string of the molecule is Cc1ccc(-c2ccccc2C)cc1.N=C=O.N=C=O. The first-order valence-electron chi connectivity index (χ1n) is 5.81. The Morgan fingerprint density at radius 2 is 1.25 bits per heavy atom. The summed E-state index contributed by atoms with van der Waals surface area (Å²) in [5.74, 6) is 0. The Bertz CT molecular complexity index is 580. The second-order valence-electron chi connectivity index (χ2n) is 3.89. The zero-order valence-corrected chi connectivity index (χ0v) is 11.4. The average molecular weight is 268 g/mol. The fraction of sp³-hybridized carbons (Fsp3) is 0.125. The Balaban J connectivity index is 0.000000520. The van der Waals surface area contributed by atoms with Crippen LogP contribution in [0.4, 0.5) is 0 Å². The number of carbonyl (C=O) groups excluding carboxylic acids is 2. The molecule has 0 heterocycles. The summed E-state index contributed by atoms with van der Waals surface area (Å²) in [5, 5.41) is 10.8.